The SMILES string of the molecule is CCC1(C)CC(OC(C)=O)CC(C)(C)N1O. The van der Waals surface area contributed by atoms with Gasteiger partial charge in [0.25, 0.3) is 0 Å². The van der Waals surface area contributed by atoms with Crippen LogP contribution in [0.15, 0.2) is 0 Å². The van der Waals surface area contributed by atoms with E-state index in [4.69, 9.17) is 4.74 Å². The number of rotatable bonds is 2. The number of hydrogen-bond donors (Lipinski definition) is 1. The van der Waals surface area contributed by atoms with E-state index in [-0.39, 0.29) is 23.2 Å². The summed E-state index contributed by atoms with van der Waals surface area (Å²) < 4.78 is 5.30. The van der Waals surface area contributed by atoms with Gasteiger partial charge in [0.05, 0.1) is 0 Å². The lowest BCUT2D eigenvalue weighted by Crippen LogP contribution is -2.61. The fourth-order valence-electron chi connectivity index (χ4n) is 2.64. The van der Waals surface area contributed by atoms with Crippen molar-refractivity contribution in [1.82, 2.24) is 5.06 Å². The van der Waals surface area contributed by atoms with Crippen molar-refractivity contribution in [3.05, 3.63) is 0 Å². The minimum atomic E-state index is -0.358. The van der Waals surface area contributed by atoms with E-state index in [1.165, 1.54) is 12.0 Å². The molecule has 0 bridgehead atoms. The fourth-order valence-corrected chi connectivity index (χ4v) is 2.64. The predicted molar refractivity (Wildman–Crippen MR) is 61.2 cm³/mol. The Kier molecular flexibility index (Phi) is 3.65. The highest BCUT2D eigenvalue weighted by atomic mass is 16.5. The Morgan fingerprint density at radius 3 is 2.44 bits per heavy atom. The minimum Gasteiger partial charge on any atom is -0.462 e. The zero-order valence-electron chi connectivity index (χ0n) is 10.9. The van der Waals surface area contributed by atoms with E-state index < -0.39 is 0 Å². The molecule has 1 fully saturated rings. The molecule has 1 saturated heterocycles. The Bertz CT molecular complexity index is 277. The molecule has 2 atom stereocenters. The molecule has 0 saturated carbocycles. The number of piperidine rings is 1. The molecule has 1 N–H and O–H groups in total. The maximum Gasteiger partial charge on any atom is 0.302 e. The van der Waals surface area contributed by atoms with Crippen LogP contribution in [0.3, 0.4) is 0 Å². The van der Waals surface area contributed by atoms with Crippen LogP contribution in [0.5, 0.6) is 0 Å². The van der Waals surface area contributed by atoms with Crippen LogP contribution in [-0.2, 0) is 9.53 Å². The molecule has 1 rings (SSSR count). The van der Waals surface area contributed by atoms with Gasteiger partial charge in [-0.2, -0.15) is 5.06 Å². The van der Waals surface area contributed by atoms with Crippen LogP contribution in [0.2, 0.25) is 0 Å². The summed E-state index contributed by atoms with van der Waals surface area (Å²) in [6.45, 7) is 9.41. The average molecular weight is 229 g/mol. The van der Waals surface area contributed by atoms with Gasteiger partial charge < -0.3 is 9.94 Å². The van der Waals surface area contributed by atoms with Gasteiger partial charge in [-0.3, -0.25) is 4.79 Å². The molecule has 0 radical (unpaired) electrons. The summed E-state index contributed by atoms with van der Waals surface area (Å²) in [4.78, 5) is 11.0. The summed E-state index contributed by atoms with van der Waals surface area (Å²) in [5.41, 5.74) is -0.676. The van der Waals surface area contributed by atoms with Crippen molar-refractivity contribution in [2.24, 2.45) is 0 Å². The molecule has 0 aliphatic carbocycles. The Morgan fingerprint density at radius 1 is 1.44 bits per heavy atom. The second-order valence-electron chi connectivity index (χ2n) is 5.61. The van der Waals surface area contributed by atoms with E-state index in [0.717, 1.165) is 6.42 Å². The molecule has 94 valence electrons. The van der Waals surface area contributed by atoms with Gasteiger partial charge in [0.2, 0.25) is 0 Å². The molecule has 0 amide bonds. The number of esters is 1. The van der Waals surface area contributed by atoms with Gasteiger partial charge in [0, 0.05) is 30.8 Å². The highest BCUT2D eigenvalue weighted by Crippen LogP contribution is 2.39. The Balaban J connectivity index is 2.86. The first kappa shape index (κ1) is 13.5. The fraction of sp³-hybridized carbons (Fsp3) is 0.917. The van der Waals surface area contributed by atoms with Crippen LogP contribution < -0.4 is 0 Å². The first-order valence-corrected chi connectivity index (χ1v) is 5.88. The molecule has 2 unspecified atom stereocenters. The van der Waals surface area contributed by atoms with Crippen molar-refractivity contribution in [3.63, 3.8) is 0 Å². The summed E-state index contributed by atoms with van der Waals surface area (Å²) in [7, 11) is 0. The number of nitrogens with zero attached hydrogens (tertiary/aromatic N) is 1. The molecule has 1 aliphatic heterocycles. The maximum absolute atomic E-state index is 11.0. The molecule has 1 aliphatic rings. The van der Waals surface area contributed by atoms with Crippen molar-refractivity contribution < 1.29 is 14.7 Å². The van der Waals surface area contributed by atoms with Gasteiger partial charge in [-0.15, -0.1) is 0 Å². The zero-order chi connectivity index (χ0) is 12.6. The highest BCUT2D eigenvalue weighted by Gasteiger charge is 2.47. The van der Waals surface area contributed by atoms with E-state index in [1.54, 1.807) is 0 Å². The summed E-state index contributed by atoms with van der Waals surface area (Å²) in [6.07, 6.45) is 2.08. The topological polar surface area (TPSA) is 49.8 Å². The normalized spacial score (nSPS) is 34.8. The standard InChI is InChI=1S/C12H23NO3/c1-6-12(5)8-10(16-9(2)14)7-11(3,4)13(12)15/h10,15H,6-8H2,1-5H3. The van der Waals surface area contributed by atoms with Crippen LogP contribution in [0.1, 0.15) is 53.9 Å². The van der Waals surface area contributed by atoms with E-state index in [1.807, 2.05) is 27.7 Å². The maximum atomic E-state index is 11.0. The van der Waals surface area contributed by atoms with Crippen LogP contribution in [-0.4, -0.2) is 33.4 Å². The highest BCUT2D eigenvalue weighted by molar-refractivity contribution is 5.66. The third kappa shape index (κ3) is 2.55. The lowest BCUT2D eigenvalue weighted by atomic mass is 9.78. The van der Waals surface area contributed by atoms with Gasteiger partial charge in [-0.1, -0.05) is 6.92 Å². The Morgan fingerprint density at radius 2 is 2.00 bits per heavy atom. The minimum absolute atomic E-state index is 0.0964. The van der Waals surface area contributed by atoms with Crippen LogP contribution >= 0.6 is 0 Å². The van der Waals surface area contributed by atoms with Crippen molar-refractivity contribution in [2.75, 3.05) is 0 Å². The molecule has 0 spiro atoms. The summed E-state index contributed by atoms with van der Waals surface area (Å²) >= 11 is 0. The van der Waals surface area contributed by atoms with E-state index in [2.05, 4.69) is 0 Å². The van der Waals surface area contributed by atoms with Gasteiger partial charge in [-0.25, -0.2) is 0 Å². The van der Waals surface area contributed by atoms with Crippen molar-refractivity contribution >= 4 is 5.97 Å². The predicted octanol–water partition coefficient (Wildman–Crippen LogP) is 2.35. The summed E-state index contributed by atoms with van der Waals surface area (Å²) in [5.74, 6) is -0.245. The van der Waals surface area contributed by atoms with Gasteiger partial charge in [-0.05, 0) is 27.2 Å². The second-order valence-corrected chi connectivity index (χ2v) is 5.61. The van der Waals surface area contributed by atoms with Gasteiger partial charge >= 0.3 is 5.97 Å². The first-order chi connectivity index (χ1) is 7.21. The summed E-state index contributed by atoms with van der Waals surface area (Å²) in [5, 5.41) is 11.6. The average Bonchev–Trinajstić information content (AvgIpc) is 2.12. The van der Waals surface area contributed by atoms with E-state index in [0.29, 0.717) is 12.8 Å². The van der Waals surface area contributed by atoms with E-state index >= 15 is 0 Å². The second kappa shape index (κ2) is 4.34. The van der Waals surface area contributed by atoms with Crippen LogP contribution in [0, 0.1) is 0 Å². The molecule has 0 aromatic carbocycles. The third-order valence-corrected chi connectivity index (χ3v) is 3.57. The number of hydrogen-bond acceptors (Lipinski definition) is 4. The molecule has 4 nitrogen and oxygen atoms in total. The van der Waals surface area contributed by atoms with Crippen LogP contribution in [0.4, 0.5) is 0 Å². The number of ether oxygens (including phenoxy) is 1. The molecule has 0 aromatic heterocycles. The monoisotopic (exact) mass is 229 g/mol. The molecule has 0 aromatic rings. The van der Waals surface area contributed by atoms with Gasteiger partial charge in [0.15, 0.2) is 0 Å². The number of carbonyl (C=O) groups is 1. The van der Waals surface area contributed by atoms with Crippen molar-refractivity contribution in [1.29, 1.82) is 0 Å². The lowest BCUT2D eigenvalue weighted by Gasteiger charge is -2.52. The van der Waals surface area contributed by atoms with Crippen molar-refractivity contribution in [3.8, 4) is 0 Å². The number of carbonyl (C=O) groups excluding carboxylic acids is 1. The molecule has 16 heavy (non-hydrogen) atoms. The molecule has 1 heterocycles. The Hall–Kier alpha value is -0.610. The zero-order valence-corrected chi connectivity index (χ0v) is 10.9. The first-order valence-electron chi connectivity index (χ1n) is 5.88. The summed E-state index contributed by atoms with van der Waals surface area (Å²) in [6, 6.07) is 0. The molecule has 4 heteroatoms. The Labute approximate surface area is 97.5 Å². The smallest absolute Gasteiger partial charge is 0.302 e. The lowest BCUT2D eigenvalue weighted by molar-refractivity contribution is -0.265. The van der Waals surface area contributed by atoms with Crippen LogP contribution in [0.25, 0.3) is 0 Å². The third-order valence-electron chi connectivity index (χ3n) is 3.57. The molecular weight excluding hydrogens is 206 g/mol. The molecular formula is C12H23NO3. The van der Waals surface area contributed by atoms with E-state index in [9.17, 15) is 10.0 Å². The largest absolute Gasteiger partial charge is 0.462 e. The van der Waals surface area contributed by atoms with Gasteiger partial charge in [0.1, 0.15) is 6.10 Å². The quantitative estimate of drug-likeness (QED) is 0.738. The number of hydroxylamine groups is 2. The van der Waals surface area contributed by atoms with Crippen molar-refractivity contribution in [2.45, 2.75) is 71.1 Å².